The highest BCUT2D eigenvalue weighted by Crippen LogP contribution is 2.36. The average Bonchev–Trinajstić information content (AvgIpc) is 3.26. The molecule has 0 saturated heterocycles. The van der Waals surface area contributed by atoms with Crippen LogP contribution in [-0.4, -0.2) is 24.4 Å². The first-order valence-corrected chi connectivity index (χ1v) is 8.13. The molecular weight excluding hydrogens is 322 g/mol. The lowest BCUT2D eigenvalue weighted by atomic mass is 10.0. The standard InChI is InChI=1S/C19H17NO5/c1-3-22-19(21)11(2)12-4-6-15-14(8-12)20-18(25-15)13-5-7-16-17(9-13)24-10-23-16/h4-9,11H,3,10H2,1-2H3. The van der Waals surface area contributed by atoms with Crippen molar-refractivity contribution in [2.45, 2.75) is 19.8 Å². The molecule has 0 spiro atoms. The van der Waals surface area contributed by atoms with Gasteiger partial charge in [0.25, 0.3) is 0 Å². The van der Waals surface area contributed by atoms with E-state index in [4.69, 9.17) is 18.6 Å². The number of nitrogens with zero attached hydrogens (tertiary/aromatic N) is 1. The molecule has 128 valence electrons. The Balaban J connectivity index is 1.67. The summed E-state index contributed by atoms with van der Waals surface area (Å²) in [6, 6.07) is 11.1. The fourth-order valence-corrected chi connectivity index (χ4v) is 2.77. The van der Waals surface area contributed by atoms with Gasteiger partial charge in [-0.25, -0.2) is 4.98 Å². The number of oxazole rings is 1. The second-order valence-corrected chi connectivity index (χ2v) is 5.79. The fourth-order valence-electron chi connectivity index (χ4n) is 2.77. The van der Waals surface area contributed by atoms with E-state index in [1.165, 1.54) is 0 Å². The highest BCUT2D eigenvalue weighted by Gasteiger charge is 2.19. The van der Waals surface area contributed by atoms with E-state index >= 15 is 0 Å². The summed E-state index contributed by atoms with van der Waals surface area (Å²) in [7, 11) is 0. The average molecular weight is 339 g/mol. The monoisotopic (exact) mass is 339 g/mol. The molecular formula is C19H17NO5. The van der Waals surface area contributed by atoms with Crippen LogP contribution in [0.3, 0.4) is 0 Å². The predicted molar refractivity (Wildman–Crippen MR) is 90.6 cm³/mol. The topological polar surface area (TPSA) is 70.8 Å². The molecule has 4 rings (SSSR count). The van der Waals surface area contributed by atoms with Crippen molar-refractivity contribution in [2.75, 3.05) is 13.4 Å². The van der Waals surface area contributed by atoms with Crippen molar-refractivity contribution in [3.8, 4) is 23.0 Å². The minimum absolute atomic E-state index is 0.224. The molecule has 25 heavy (non-hydrogen) atoms. The summed E-state index contributed by atoms with van der Waals surface area (Å²) < 4.78 is 21.6. The fraction of sp³-hybridized carbons (Fsp3) is 0.263. The summed E-state index contributed by atoms with van der Waals surface area (Å²) in [5.74, 6) is 1.28. The van der Waals surface area contributed by atoms with E-state index in [0.717, 1.165) is 11.1 Å². The number of esters is 1. The normalized spacial score (nSPS) is 13.8. The number of ether oxygens (including phenoxy) is 3. The maximum absolute atomic E-state index is 11.9. The minimum Gasteiger partial charge on any atom is -0.466 e. The van der Waals surface area contributed by atoms with Gasteiger partial charge in [-0.3, -0.25) is 4.79 Å². The summed E-state index contributed by atoms with van der Waals surface area (Å²) in [5.41, 5.74) is 3.01. The van der Waals surface area contributed by atoms with E-state index in [2.05, 4.69) is 4.98 Å². The van der Waals surface area contributed by atoms with E-state index in [9.17, 15) is 4.79 Å². The van der Waals surface area contributed by atoms with Gasteiger partial charge >= 0.3 is 5.97 Å². The zero-order valence-electron chi connectivity index (χ0n) is 13.9. The van der Waals surface area contributed by atoms with E-state index in [1.54, 1.807) is 6.92 Å². The first-order chi connectivity index (χ1) is 12.2. The van der Waals surface area contributed by atoms with Gasteiger partial charge in [-0.15, -0.1) is 0 Å². The van der Waals surface area contributed by atoms with Crippen LogP contribution in [0.15, 0.2) is 40.8 Å². The second kappa shape index (κ2) is 6.12. The smallest absolute Gasteiger partial charge is 0.313 e. The van der Waals surface area contributed by atoms with Gasteiger partial charge in [0.1, 0.15) is 5.52 Å². The Kier molecular flexibility index (Phi) is 3.80. The lowest BCUT2D eigenvalue weighted by molar-refractivity contribution is -0.144. The Hall–Kier alpha value is -3.02. The molecule has 0 fully saturated rings. The van der Waals surface area contributed by atoms with E-state index < -0.39 is 0 Å². The molecule has 0 bridgehead atoms. The summed E-state index contributed by atoms with van der Waals surface area (Å²) in [6.45, 7) is 4.20. The van der Waals surface area contributed by atoms with Crippen LogP contribution in [0.2, 0.25) is 0 Å². The van der Waals surface area contributed by atoms with Crippen LogP contribution in [0.25, 0.3) is 22.6 Å². The van der Waals surface area contributed by atoms with Crippen LogP contribution >= 0.6 is 0 Å². The van der Waals surface area contributed by atoms with Crippen molar-refractivity contribution in [1.29, 1.82) is 0 Å². The van der Waals surface area contributed by atoms with Crippen molar-refractivity contribution >= 4 is 17.1 Å². The molecule has 2 aromatic carbocycles. The third-order valence-electron chi connectivity index (χ3n) is 4.17. The van der Waals surface area contributed by atoms with Crippen molar-refractivity contribution in [3.05, 3.63) is 42.0 Å². The molecule has 1 aliphatic rings. The van der Waals surface area contributed by atoms with Crippen LogP contribution in [0.5, 0.6) is 11.5 Å². The van der Waals surface area contributed by atoms with Crippen molar-refractivity contribution in [3.63, 3.8) is 0 Å². The third kappa shape index (κ3) is 2.80. The highest BCUT2D eigenvalue weighted by molar-refractivity contribution is 5.82. The molecule has 6 nitrogen and oxygen atoms in total. The molecule has 1 unspecified atom stereocenters. The molecule has 0 N–H and O–H groups in total. The zero-order chi connectivity index (χ0) is 17.4. The van der Waals surface area contributed by atoms with Gasteiger partial charge in [0.2, 0.25) is 12.7 Å². The number of hydrogen-bond acceptors (Lipinski definition) is 6. The Morgan fingerprint density at radius 2 is 2.04 bits per heavy atom. The van der Waals surface area contributed by atoms with E-state index in [0.29, 0.717) is 35.1 Å². The van der Waals surface area contributed by atoms with Gasteiger partial charge in [-0.1, -0.05) is 6.07 Å². The van der Waals surface area contributed by atoms with E-state index in [-0.39, 0.29) is 18.7 Å². The van der Waals surface area contributed by atoms with Crippen LogP contribution in [-0.2, 0) is 9.53 Å². The van der Waals surface area contributed by atoms with Crippen LogP contribution in [0.4, 0.5) is 0 Å². The second-order valence-electron chi connectivity index (χ2n) is 5.79. The molecule has 0 radical (unpaired) electrons. The zero-order valence-corrected chi connectivity index (χ0v) is 13.9. The minimum atomic E-state index is -0.352. The summed E-state index contributed by atoms with van der Waals surface area (Å²) in [4.78, 5) is 16.5. The highest BCUT2D eigenvalue weighted by atomic mass is 16.7. The Morgan fingerprint density at radius 1 is 1.20 bits per heavy atom. The molecule has 2 heterocycles. The van der Waals surface area contributed by atoms with Crippen LogP contribution < -0.4 is 9.47 Å². The number of fused-ring (bicyclic) bond motifs is 2. The van der Waals surface area contributed by atoms with Gasteiger partial charge < -0.3 is 18.6 Å². The molecule has 0 saturated carbocycles. The summed E-state index contributed by atoms with van der Waals surface area (Å²) >= 11 is 0. The Bertz CT molecular complexity index is 946. The summed E-state index contributed by atoms with van der Waals surface area (Å²) in [6.07, 6.45) is 0. The third-order valence-corrected chi connectivity index (χ3v) is 4.17. The van der Waals surface area contributed by atoms with Gasteiger partial charge in [-0.2, -0.15) is 0 Å². The summed E-state index contributed by atoms with van der Waals surface area (Å²) in [5, 5.41) is 0. The largest absolute Gasteiger partial charge is 0.466 e. The number of carbonyl (C=O) groups excluding carboxylic acids is 1. The number of hydrogen-bond donors (Lipinski definition) is 0. The first kappa shape index (κ1) is 15.5. The van der Waals surface area contributed by atoms with Crippen molar-refractivity contribution < 1.29 is 23.4 Å². The molecule has 3 aromatic rings. The van der Waals surface area contributed by atoms with Crippen LogP contribution in [0, 0.1) is 0 Å². The van der Waals surface area contributed by atoms with Crippen molar-refractivity contribution in [2.24, 2.45) is 0 Å². The molecule has 1 aliphatic heterocycles. The van der Waals surface area contributed by atoms with E-state index in [1.807, 2.05) is 43.3 Å². The quantitative estimate of drug-likeness (QED) is 0.672. The molecule has 1 atom stereocenters. The number of aromatic nitrogens is 1. The van der Waals surface area contributed by atoms with Gasteiger partial charge in [0, 0.05) is 5.56 Å². The van der Waals surface area contributed by atoms with Crippen LogP contribution in [0.1, 0.15) is 25.3 Å². The lowest BCUT2D eigenvalue weighted by Gasteiger charge is -2.10. The molecule has 0 amide bonds. The Morgan fingerprint density at radius 3 is 2.88 bits per heavy atom. The van der Waals surface area contributed by atoms with Gasteiger partial charge in [0.05, 0.1) is 12.5 Å². The molecule has 6 heteroatoms. The predicted octanol–water partition coefficient (Wildman–Crippen LogP) is 3.89. The molecule has 1 aromatic heterocycles. The first-order valence-electron chi connectivity index (χ1n) is 8.13. The molecule has 0 aliphatic carbocycles. The van der Waals surface area contributed by atoms with Crippen molar-refractivity contribution in [1.82, 2.24) is 4.98 Å². The number of rotatable bonds is 4. The Labute approximate surface area is 144 Å². The maximum Gasteiger partial charge on any atom is 0.313 e. The van der Waals surface area contributed by atoms with Gasteiger partial charge in [-0.05, 0) is 49.7 Å². The lowest BCUT2D eigenvalue weighted by Crippen LogP contribution is -2.12. The maximum atomic E-state index is 11.9. The number of benzene rings is 2. The SMILES string of the molecule is CCOC(=O)C(C)c1ccc2oc(-c3ccc4c(c3)OCO4)nc2c1. The van der Waals surface area contributed by atoms with Gasteiger partial charge in [0.15, 0.2) is 17.1 Å². The number of carbonyl (C=O) groups is 1.